The van der Waals surface area contributed by atoms with Crippen molar-refractivity contribution < 1.29 is 4.74 Å². The number of hydrogen-bond acceptors (Lipinski definition) is 3. The topological polar surface area (TPSA) is 22.1 Å². The summed E-state index contributed by atoms with van der Waals surface area (Å²) in [4.78, 5) is 5.00. The summed E-state index contributed by atoms with van der Waals surface area (Å²) in [5.41, 5.74) is 2.54. The molecule has 90 valence electrons. The zero-order valence-corrected chi connectivity index (χ0v) is 11.7. The number of ether oxygens (including phenoxy) is 1. The number of alkyl halides is 1. The monoisotopic (exact) mass is 307 g/mol. The lowest BCUT2D eigenvalue weighted by atomic mass is 10.2. The molecule has 0 saturated carbocycles. The van der Waals surface area contributed by atoms with Crippen LogP contribution in [0.2, 0.25) is 10.0 Å². The molecule has 0 unspecified atom stereocenters. The number of halogens is 3. The third-order valence-electron chi connectivity index (χ3n) is 2.07. The van der Waals surface area contributed by atoms with E-state index in [1.54, 1.807) is 23.8 Å². The van der Waals surface area contributed by atoms with Crippen LogP contribution in [0.5, 0.6) is 5.75 Å². The zero-order chi connectivity index (χ0) is 12.3. The minimum atomic E-state index is 0.304. The van der Waals surface area contributed by atoms with Crippen LogP contribution in [-0.2, 0) is 12.5 Å². The molecule has 1 heterocycles. The van der Waals surface area contributed by atoms with Crippen molar-refractivity contribution in [3.63, 3.8) is 0 Å². The molecule has 0 amide bonds. The summed E-state index contributed by atoms with van der Waals surface area (Å²) in [6, 6.07) is 3.39. The van der Waals surface area contributed by atoms with Crippen LogP contribution in [0.25, 0.3) is 0 Å². The van der Waals surface area contributed by atoms with Crippen molar-refractivity contribution in [2.45, 2.75) is 12.5 Å². The van der Waals surface area contributed by atoms with Crippen LogP contribution in [0, 0.1) is 0 Å². The molecule has 0 aliphatic heterocycles. The number of nitrogens with zero attached hydrogens (tertiary/aromatic N) is 1. The summed E-state index contributed by atoms with van der Waals surface area (Å²) in [5, 5.41) is 1.02. The summed E-state index contributed by atoms with van der Waals surface area (Å²) < 4.78 is 5.65. The van der Waals surface area contributed by atoms with E-state index >= 15 is 0 Å². The fourth-order valence-electron chi connectivity index (χ4n) is 1.33. The van der Waals surface area contributed by atoms with Gasteiger partial charge in [0.2, 0.25) is 0 Å². The molecular weight excluding hydrogens is 301 g/mol. The van der Waals surface area contributed by atoms with Crippen LogP contribution in [0.1, 0.15) is 10.4 Å². The first-order valence-corrected chi connectivity index (χ1v) is 6.91. The first-order valence-electron chi connectivity index (χ1n) is 4.74. The van der Waals surface area contributed by atoms with Gasteiger partial charge in [-0.15, -0.1) is 22.9 Å². The van der Waals surface area contributed by atoms with Gasteiger partial charge in [-0.3, -0.25) is 4.98 Å². The molecule has 1 aromatic carbocycles. The number of thiazole rings is 1. The van der Waals surface area contributed by atoms with Gasteiger partial charge in [0.25, 0.3) is 0 Å². The van der Waals surface area contributed by atoms with Gasteiger partial charge in [0.15, 0.2) is 0 Å². The summed E-state index contributed by atoms with van der Waals surface area (Å²) in [6.45, 7) is 0.426. The van der Waals surface area contributed by atoms with Crippen molar-refractivity contribution in [3.05, 3.63) is 44.3 Å². The Morgan fingerprint density at radius 2 is 2.12 bits per heavy atom. The van der Waals surface area contributed by atoms with Crippen LogP contribution in [0.4, 0.5) is 0 Å². The quantitative estimate of drug-likeness (QED) is 0.759. The maximum atomic E-state index is 6.07. The molecule has 0 aliphatic rings. The van der Waals surface area contributed by atoms with Gasteiger partial charge in [-0.2, -0.15) is 0 Å². The van der Waals surface area contributed by atoms with E-state index in [9.17, 15) is 0 Å². The average molecular weight is 309 g/mol. The Balaban J connectivity index is 2.19. The van der Waals surface area contributed by atoms with E-state index in [2.05, 4.69) is 4.98 Å². The molecule has 0 N–H and O–H groups in total. The van der Waals surface area contributed by atoms with E-state index in [-0.39, 0.29) is 0 Å². The van der Waals surface area contributed by atoms with Crippen molar-refractivity contribution in [3.8, 4) is 5.75 Å². The summed E-state index contributed by atoms with van der Waals surface area (Å²) in [7, 11) is 0. The fourth-order valence-corrected chi connectivity index (χ4v) is 2.63. The van der Waals surface area contributed by atoms with E-state index in [1.807, 2.05) is 0 Å². The van der Waals surface area contributed by atoms with Gasteiger partial charge < -0.3 is 4.74 Å². The predicted molar refractivity (Wildman–Crippen MR) is 72.5 cm³/mol. The molecule has 0 bridgehead atoms. The molecule has 2 rings (SSSR count). The van der Waals surface area contributed by atoms with Crippen molar-refractivity contribution in [2.24, 2.45) is 0 Å². The third-order valence-corrected chi connectivity index (χ3v) is 3.61. The summed E-state index contributed by atoms with van der Waals surface area (Å²) in [5.74, 6) is 0.887. The Labute approximate surface area is 118 Å². The first-order chi connectivity index (χ1) is 8.20. The molecule has 1 aromatic heterocycles. The van der Waals surface area contributed by atoms with Crippen molar-refractivity contribution in [2.75, 3.05) is 0 Å². The van der Waals surface area contributed by atoms with E-state index in [4.69, 9.17) is 39.5 Å². The van der Waals surface area contributed by atoms with Gasteiger partial charge in [-0.05, 0) is 12.1 Å². The molecule has 0 saturated heterocycles. The molecule has 0 radical (unpaired) electrons. The zero-order valence-electron chi connectivity index (χ0n) is 8.62. The predicted octanol–water partition coefficient (Wildman–Crippen LogP) is 4.77. The van der Waals surface area contributed by atoms with Crippen LogP contribution in [0.3, 0.4) is 0 Å². The Bertz CT molecular complexity index is 502. The number of benzene rings is 1. The van der Waals surface area contributed by atoms with Gasteiger partial charge in [-0.1, -0.05) is 23.2 Å². The molecule has 0 spiro atoms. The third kappa shape index (κ3) is 3.26. The van der Waals surface area contributed by atoms with Crippen LogP contribution < -0.4 is 4.74 Å². The van der Waals surface area contributed by atoms with Gasteiger partial charge in [0, 0.05) is 16.8 Å². The van der Waals surface area contributed by atoms with Gasteiger partial charge in [0.1, 0.15) is 12.4 Å². The maximum Gasteiger partial charge on any atom is 0.142 e. The molecule has 0 atom stereocenters. The van der Waals surface area contributed by atoms with Crippen molar-refractivity contribution >= 4 is 46.1 Å². The highest BCUT2D eigenvalue weighted by Gasteiger charge is 2.10. The largest absolute Gasteiger partial charge is 0.486 e. The highest BCUT2D eigenvalue weighted by Crippen LogP contribution is 2.34. The molecular formula is C11H8Cl3NOS. The normalized spacial score (nSPS) is 10.5. The van der Waals surface area contributed by atoms with E-state index < -0.39 is 0 Å². The second-order valence-electron chi connectivity index (χ2n) is 3.27. The van der Waals surface area contributed by atoms with Crippen molar-refractivity contribution in [1.82, 2.24) is 4.98 Å². The lowest BCUT2D eigenvalue weighted by molar-refractivity contribution is 0.307. The molecule has 2 nitrogen and oxygen atoms in total. The molecule has 17 heavy (non-hydrogen) atoms. The van der Waals surface area contributed by atoms with Crippen LogP contribution >= 0.6 is 46.1 Å². The van der Waals surface area contributed by atoms with E-state index in [0.717, 1.165) is 10.4 Å². The lowest BCUT2D eigenvalue weighted by Crippen LogP contribution is -1.97. The smallest absolute Gasteiger partial charge is 0.142 e. The van der Waals surface area contributed by atoms with Gasteiger partial charge >= 0.3 is 0 Å². The summed E-state index contributed by atoms with van der Waals surface area (Å²) >= 11 is 19.3. The number of hydrogen-bond donors (Lipinski definition) is 0. The first kappa shape index (κ1) is 13.0. The maximum absolute atomic E-state index is 6.07. The molecule has 6 heteroatoms. The van der Waals surface area contributed by atoms with Crippen LogP contribution in [-0.4, -0.2) is 4.98 Å². The Morgan fingerprint density at radius 1 is 1.29 bits per heavy atom. The number of rotatable bonds is 4. The molecule has 0 fully saturated rings. The summed E-state index contributed by atoms with van der Waals surface area (Å²) in [6.07, 6.45) is 1.76. The lowest BCUT2D eigenvalue weighted by Gasteiger charge is -2.11. The SMILES string of the molecule is ClCc1cc(Cl)cc(Cl)c1OCc1cncs1. The Morgan fingerprint density at radius 3 is 2.76 bits per heavy atom. The second kappa shape index (κ2) is 5.91. The molecule has 2 aromatic rings. The Kier molecular flexibility index (Phi) is 4.51. The molecule has 0 aliphatic carbocycles. The van der Waals surface area contributed by atoms with Crippen molar-refractivity contribution in [1.29, 1.82) is 0 Å². The Hall–Kier alpha value is -0.480. The standard InChI is InChI=1S/C11H8Cl3NOS/c12-3-7-1-8(13)2-10(14)11(7)16-5-9-4-15-6-17-9/h1-2,4,6H,3,5H2. The average Bonchev–Trinajstić information content (AvgIpc) is 2.79. The highest BCUT2D eigenvalue weighted by atomic mass is 35.5. The number of aromatic nitrogens is 1. The van der Waals surface area contributed by atoms with E-state index in [1.165, 1.54) is 11.3 Å². The van der Waals surface area contributed by atoms with Crippen LogP contribution in [0.15, 0.2) is 23.8 Å². The van der Waals surface area contributed by atoms with Gasteiger partial charge in [-0.25, -0.2) is 0 Å². The second-order valence-corrected chi connectivity index (χ2v) is 5.35. The van der Waals surface area contributed by atoms with E-state index in [0.29, 0.717) is 28.3 Å². The van der Waals surface area contributed by atoms with Gasteiger partial charge in [0.05, 0.1) is 21.3 Å². The highest BCUT2D eigenvalue weighted by molar-refractivity contribution is 7.09. The fraction of sp³-hybridized carbons (Fsp3) is 0.182. The minimum Gasteiger partial charge on any atom is -0.486 e. The minimum absolute atomic E-state index is 0.304.